The Balaban J connectivity index is 0.000000172. The molecule has 0 atom stereocenters. The molecule has 5 heterocycles. The molecule has 0 aliphatic carbocycles. The monoisotopic (exact) mass is 1370 g/mol. The van der Waals surface area contributed by atoms with Crippen LogP contribution in [0.1, 0.15) is 117 Å². The molecule has 0 amide bonds. The van der Waals surface area contributed by atoms with E-state index in [4.69, 9.17) is 31.6 Å². The smallest absolute Gasteiger partial charge is 0.131 e. The first-order chi connectivity index (χ1) is 49.3. The van der Waals surface area contributed by atoms with E-state index < -0.39 is 29.1 Å². The zero-order valence-corrected chi connectivity index (χ0v) is 55.9. The third kappa shape index (κ3) is 26.8. The molecule has 7 aromatic carbocycles. The molecule has 12 nitrogen and oxygen atoms in total. The molecular weight excluding hydrogens is 1320 g/mol. The second-order valence-corrected chi connectivity index (χ2v) is 22.5. The quantitative estimate of drug-likeness (QED) is 0.103. The molecule has 0 unspecified atom stereocenters. The van der Waals surface area contributed by atoms with E-state index in [0.717, 1.165) is 33.1 Å². The summed E-state index contributed by atoms with van der Waals surface area (Å²) in [5.41, 5.74) is 12.9. The van der Waals surface area contributed by atoms with Gasteiger partial charge in [0.15, 0.2) is 0 Å². The summed E-state index contributed by atoms with van der Waals surface area (Å²) >= 11 is 2.96. The summed E-state index contributed by atoms with van der Waals surface area (Å²) in [5.74, 6) is 31.9. The summed E-state index contributed by atoms with van der Waals surface area (Å²) in [6.45, 7) is 5.72. The molecule has 19 heteroatoms. The first-order valence-corrected chi connectivity index (χ1v) is 31.5. The van der Waals surface area contributed by atoms with Crippen LogP contribution in [0.3, 0.4) is 0 Å². The molecule has 0 aliphatic rings. The van der Waals surface area contributed by atoms with Crippen molar-refractivity contribution in [1.82, 2.24) is 29.5 Å². The van der Waals surface area contributed by atoms with Gasteiger partial charge in [0, 0.05) is 74.8 Å². The lowest BCUT2D eigenvalue weighted by Gasteiger charge is -1.95. The second-order valence-electron chi connectivity index (χ2n) is 20.7. The van der Waals surface area contributed by atoms with Crippen molar-refractivity contribution in [3.05, 3.63) is 357 Å². The molecule has 12 rings (SSSR count). The molecule has 102 heavy (non-hydrogen) atoms. The van der Waals surface area contributed by atoms with Gasteiger partial charge in [-0.1, -0.05) is 71.8 Å². The number of benzene rings is 7. The Morgan fingerprint density at radius 3 is 1.12 bits per heavy atom. The Morgan fingerprint density at radius 2 is 0.716 bits per heavy atom. The van der Waals surface area contributed by atoms with Crippen molar-refractivity contribution in [3.63, 3.8) is 0 Å². The molecule has 5 aromatic heterocycles. The minimum absolute atomic E-state index is 0.260. The number of rotatable bonds is 0. The van der Waals surface area contributed by atoms with E-state index in [1.807, 2.05) is 135 Å². The van der Waals surface area contributed by atoms with Crippen molar-refractivity contribution >= 4 is 22.7 Å². The largest absolute Gasteiger partial charge is 0.339 e. The summed E-state index contributed by atoms with van der Waals surface area (Å²) in [5, 5.41) is 56.9. The molecule has 0 N–H and O–H groups in total. The van der Waals surface area contributed by atoms with Crippen molar-refractivity contribution in [1.29, 1.82) is 31.6 Å². The number of thiazole rings is 2. The highest BCUT2D eigenvalue weighted by Gasteiger charge is 2.04. The predicted molar refractivity (Wildman–Crippen MR) is 379 cm³/mol. The minimum atomic E-state index is -0.464. The van der Waals surface area contributed by atoms with Crippen LogP contribution in [0, 0.1) is 189 Å². The van der Waals surface area contributed by atoms with E-state index in [1.165, 1.54) is 83.3 Å². The number of hydrogen-bond acceptors (Lipinski definition) is 13. The van der Waals surface area contributed by atoms with E-state index in [9.17, 15) is 22.0 Å². The van der Waals surface area contributed by atoms with Gasteiger partial charge in [0.2, 0.25) is 0 Å². The molecule has 0 spiro atoms. The third-order valence-electron chi connectivity index (χ3n) is 12.4. The Kier molecular flexibility index (Phi) is 28.8. The zero-order valence-electron chi connectivity index (χ0n) is 54.3. The van der Waals surface area contributed by atoms with Gasteiger partial charge in [-0.3, -0.25) is 0 Å². The lowest BCUT2D eigenvalue weighted by atomic mass is 10.1. The average Bonchev–Trinajstić information content (AvgIpc) is 1.02. The molecule has 0 radical (unpaired) electrons. The highest BCUT2D eigenvalue weighted by atomic mass is 32.1. The van der Waals surface area contributed by atoms with Crippen LogP contribution in [0.25, 0.3) is 0 Å². The van der Waals surface area contributed by atoms with Gasteiger partial charge in [-0.25, -0.2) is 46.9 Å². The third-order valence-corrected chi connectivity index (χ3v) is 13.8. The van der Waals surface area contributed by atoms with Crippen molar-refractivity contribution in [2.45, 2.75) is 20.8 Å². The molecule has 0 bridgehead atoms. The van der Waals surface area contributed by atoms with E-state index in [1.54, 1.807) is 78.0 Å². The standard InChI is InChI=1S/C15H9FN2.C15H8FN.C14H7FN2.C14H11N3.C13H7FN2S.C12H5FN2S/c1-11-3-2-4-15(18-11)6-5-12-7-13(10-17)9-14(16)8-12;16-15-9-13(8-14(10-15)11-17)7-6-12-4-2-1-3-5-12;15-13-8-11(7-12(9-13)10-16)4-5-14-3-1-2-6-17-14;1-11-5-12(7-13(6-11)8-15)3-4-14-9-17(2)10-16-14;1-9-16-13(8-17-9)3-2-10-4-11(7-15)6-12(14)5-10;13-11-4-9(3-10(5-11)6-14)1-2-12-7-16-8-15-12/h2-4,7-9H,1H3;1-5,8-10H;1-3,6-9H;5-7,9-10H,1-2H3;4-6,8H,1H3;3-5,7-8H. The molecule has 486 valence electrons. The van der Waals surface area contributed by atoms with Crippen LogP contribution < -0.4 is 0 Å². The predicted octanol–water partition coefficient (Wildman–Crippen LogP) is 15.8. The maximum Gasteiger partial charge on any atom is 0.131 e. The van der Waals surface area contributed by atoms with E-state index in [2.05, 4.69) is 102 Å². The van der Waals surface area contributed by atoms with E-state index in [0.29, 0.717) is 56.2 Å². The van der Waals surface area contributed by atoms with Crippen LogP contribution >= 0.6 is 22.7 Å². The summed E-state index contributed by atoms with van der Waals surface area (Å²) in [7, 11) is 1.90. The van der Waals surface area contributed by atoms with Crippen molar-refractivity contribution in [2.75, 3.05) is 0 Å². The fraction of sp³-hybridized carbons (Fsp3) is 0.0482. The Hall–Kier alpha value is -14.7. The number of aryl methyl sites for hydroxylation is 4. The summed E-state index contributed by atoms with van der Waals surface area (Å²) in [6.07, 6.45) is 5.20. The normalized spacial score (nSPS) is 9.09. The van der Waals surface area contributed by atoms with Crippen molar-refractivity contribution < 1.29 is 22.0 Å². The van der Waals surface area contributed by atoms with Gasteiger partial charge >= 0.3 is 0 Å². The van der Waals surface area contributed by atoms with Crippen LogP contribution in [0.2, 0.25) is 0 Å². The fourth-order valence-corrected chi connectivity index (χ4v) is 9.15. The van der Waals surface area contributed by atoms with Crippen LogP contribution in [-0.2, 0) is 7.05 Å². The summed E-state index contributed by atoms with van der Waals surface area (Å²) < 4.78 is 67.4. The van der Waals surface area contributed by atoms with Gasteiger partial charge in [0.1, 0.15) is 57.6 Å². The van der Waals surface area contributed by atoms with Gasteiger partial charge in [0.05, 0.1) is 86.6 Å². The lowest BCUT2D eigenvalue weighted by molar-refractivity contribution is 0.626. The number of pyridine rings is 2. The molecule has 12 aromatic rings. The van der Waals surface area contributed by atoms with Crippen molar-refractivity contribution in [2.24, 2.45) is 7.05 Å². The average molecular weight is 1370 g/mol. The lowest BCUT2D eigenvalue weighted by Crippen LogP contribution is -1.86. The number of hydrogen-bond donors (Lipinski definition) is 0. The number of nitriles is 6. The van der Waals surface area contributed by atoms with E-state index >= 15 is 0 Å². The van der Waals surface area contributed by atoms with Crippen molar-refractivity contribution in [3.8, 4) is 107 Å². The SMILES string of the molecule is Cc1cc(C#N)cc(C#Cc2cn(C)cn2)c1.Cc1cccc(C#Cc2cc(F)cc(C#N)c2)n1.Cc1nc(C#Cc2cc(F)cc(C#N)c2)cs1.N#Cc1cc(F)cc(C#Cc2ccccc2)c1.N#Cc1cc(F)cc(C#Cc2ccccn2)c1.N#Cc1cc(F)cc(C#Cc2cscn2)c1. The zero-order chi connectivity index (χ0) is 73.0. The van der Waals surface area contributed by atoms with Gasteiger partial charge in [-0.15, -0.1) is 22.7 Å². The fourth-order valence-electron chi connectivity index (χ4n) is 8.12. The Morgan fingerprint density at radius 1 is 0.333 bits per heavy atom. The first kappa shape index (κ1) is 74.7. The minimum Gasteiger partial charge on any atom is -0.339 e. The Labute approximate surface area is 594 Å². The maximum absolute atomic E-state index is 13.2. The summed E-state index contributed by atoms with van der Waals surface area (Å²) in [6, 6.07) is 57.6. The van der Waals surface area contributed by atoms with Crippen LogP contribution in [0.5, 0.6) is 0 Å². The molecule has 0 saturated heterocycles. The number of aromatic nitrogens is 6. The number of imidazole rings is 1. The number of nitrogens with zero attached hydrogens (tertiary/aromatic N) is 12. The van der Waals surface area contributed by atoms with E-state index in [-0.39, 0.29) is 27.8 Å². The van der Waals surface area contributed by atoms with Gasteiger partial charge in [-0.2, -0.15) is 31.6 Å². The molecule has 0 fully saturated rings. The van der Waals surface area contributed by atoms with Gasteiger partial charge < -0.3 is 4.57 Å². The van der Waals surface area contributed by atoms with Crippen LogP contribution in [0.15, 0.2) is 211 Å². The molecule has 0 aliphatic heterocycles. The Bertz CT molecular complexity index is 5440. The molecule has 0 saturated carbocycles. The first-order valence-electron chi connectivity index (χ1n) is 29.7. The summed E-state index contributed by atoms with van der Waals surface area (Å²) in [4.78, 5) is 20.5. The molecular formula is C83H47F5N12S2. The van der Waals surface area contributed by atoms with Gasteiger partial charge in [0.25, 0.3) is 0 Å². The maximum atomic E-state index is 13.2. The van der Waals surface area contributed by atoms with Gasteiger partial charge in [-0.05, 0) is 202 Å². The second kappa shape index (κ2) is 39.3. The van der Waals surface area contributed by atoms with Crippen LogP contribution in [-0.4, -0.2) is 29.5 Å². The van der Waals surface area contributed by atoms with Crippen LogP contribution in [0.4, 0.5) is 22.0 Å². The topological polar surface area (TPSA) is 212 Å². The number of halogens is 5. The highest BCUT2D eigenvalue weighted by Crippen LogP contribution is 2.15. The highest BCUT2D eigenvalue weighted by molar-refractivity contribution is 7.09.